The molecule has 0 N–H and O–H groups in total. The Morgan fingerprint density at radius 3 is 2.80 bits per heavy atom. The molecule has 1 aromatic heterocycles. The summed E-state index contributed by atoms with van der Waals surface area (Å²) in [6, 6.07) is 7.06. The number of hydrogen-bond donors (Lipinski definition) is 0. The van der Waals surface area contributed by atoms with E-state index in [9.17, 15) is 0 Å². The second-order valence-electron chi connectivity index (χ2n) is 4.14. The third-order valence-corrected chi connectivity index (χ3v) is 3.55. The van der Waals surface area contributed by atoms with Crippen molar-refractivity contribution in [3.05, 3.63) is 34.4 Å². The maximum Gasteiger partial charge on any atom is 0.0496 e. The predicted molar refractivity (Wildman–Crippen MR) is 69.4 cm³/mol. The molecule has 1 aromatic carbocycles. The molecular formula is C13H16BrN. The van der Waals surface area contributed by atoms with Crippen molar-refractivity contribution in [2.45, 2.75) is 33.2 Å². The molecule has 0 spiro atoms. The van der Waals surface area contributed by atoms with Gasteiger partial charge in [0.25, 0.3) is 0 Å². The van der Waals surface area contributed by atoms with E-state index in [2.05, 4.69) is 65.7 Å². The minimum atomic E-state index is 0.565. The highest BCUT2D eigenvalue weighted by molar-refractivity contribution is 9.10. The van der Waals surface area contributed by atoms with E-state index in [1.807, 2.05) is 0 Å². The molecule has 0 fully saturated rings. The van der Waals surface area contributed by atoms with E-state index in [1.54, 1.807) is 0 Å². The highest BCUT2D eigenvalue weighted by atomic mass is 79.9. The minimum Gasteiger partial charge on any atom is -0.344 e. The molecule has 0 bridgehead atoms. The molecule has 1 heterocycles. The molecule has 1 atom stereocenters. The SMILES string of the molecule is CCC(C)n1cc(C)c2ccc(Br)cc21. The number of aromatic nitrogens is 1. The van der Waals surface area contributed by atoms with Gasteiger partial charge in [0.2, 0.25) is 0 Å². The molecule has 0 radical (unpaired) electrons. The van der Waals surface area contributed by atoms with Crippen molar-refractivity contribution in [3.63, 3.8) is 0 Å². The Kier molecular flexibility index (Phi) is 2.87. The fourth-order valence-electron chi connectivity index (χ4n) is 1.96. The summed E-state index contributed by atoms with van der Waals surface area (Å²) in [4.78, 5) is 0. The maximum atomic E-state index is 3.53. The molecule has 2 heteroatoms. The molecule has 2 rings (SSSR count). The second-order valence-corrected chi connectivity index (χ2v) is 5.05. The lowest BCUT2D eigenvalue weighted by atomic mass is 10.2. The van der Waals surface area contributed by atoms with Gasteiger partial charge in [-0.2, -0.15) is 0 Å². The van der Waals surface area contributed by atoms with Crippen LogP contribution in [0.5, 0.6) is 0 Å². The summed E-state index contributed by atoms with van der Waals surface area (Å²) in [6.07, 6.45) is 3.42. The van der Waals surface area contributed by atoms with Crippen LogP contribution in [-0.2, 0) is 0 Å². The number of fused-ring (bicyclic) bond motifs is 1. The molecule has 0 saturated carbocycles. The van der Waals surface area contributed by atoms with Crippen LogP contribution in [0.1, 0.15) is 31.9 Å². The number of aryl methyl sites for hydroxylation is 1. The van der Waals surface area contributed by atoms with Crippen LogP contribution in [0.15, 0.2) is 28.9 Å². The van der Waals surface area contributed by atoms with Crippen LogP contribution < -0.4 is 0 Å². The Balaban J connectivity index is 2.69. The van der Waals surface area contributed by atoms with Crippen molar-refractivity contribution in [1.29, 1.82) is 0 Å². The third-order valence-electron chi connectivity index (χ3n) is 3.06. The van der Waals surface area contributed by atoms with Crippen LogP contribution in [0.2, 0.25) is 0 Å². The predicted octanol–water partition coefficient (Wildman–Crippen LogP) is 4.68. The molecule has 80 valence electrons. The summed E-state index contributed by atoms with van der Waals surface area (Å²) in [5.41, 5.74) is 2.69. The van der Waals surface area contributed by atoms with Gasteiger partial charge >= 0.3 is 0 Å². The number of rotatable bonds is 2. The molecule has 2 aromatic rings. The van der Waals surface area contributed by atoms with Crippen LogP contribution in [0.25, 0.3) is 10.9 Å². The smallest absolute Gasteiger partial charge is 0.0496 e. The maximum absolute atomic E-state index is 3.53. The summed E-state index contributed by atoms with van der Waals surface area (Å²) in [5, 5.41) is 1.36. The molecular weight excluding hydrogens is 250 g/mol. The fourth-order valence-corrected chi connectivity index (χ4v) is 2.31. The van der Waals surface area contributed by atoms with Gasteiger partial charge in [-0.1, -0.05) is 28.9 Å². The monoisotopic (exact) mass is 265 g/mol. The van der Waals surface area contributed by atoms with Gasteiger partial charge in [0, 0.05) is 27.6 Å². The zero-order chi connectivity index (χ0) is 11.0. The normalized spacial score (nSPS) is 13.3. The van der Waals surface area contributed by atoms with Crippen LogP contribution in [0, 0.1) is 6.92 Å². The molecule has 0 amide bonds. The molecule has 0 aliphatic carbocycles. The zero-order valence-corrected chi connectivity index (χ0v) is 11.0. The van der Waals surface area contributed by atoms with Crippen molar-refractivity contribution < 1.29 is 0 Å². The van der Waals surface area contributed by atoms with Crippen LogP contribution in [0.3, 0.4) is 0 Å². The first-order valence-corrected chi connectivity index (χ1v) is 6.19. The van der Waals surface area contributed by atoms with Crippen molar-refractivity contribution in [2.24, 2.45) is 0 Å². The van der Waals surface area contributed by atoms with Gasteiger partial charge in [-0.15, -0.1) is 0 Å². The fraction of sp³-hybridized carbons (Fsp3) is 0.385. The molecule has 1 nitrogen and oxygen atoms in total. The Labute approximate surface area is 99.2 Å². The first-order valence-electron chi connectivity index (χ1n) is 5.40. The number of hydrogen-bond acceptors (Lipinski definition) is 0. The molecule has 0 aliphatic rings. The second kappa shape index (κ2) is 4.01. The van der Waals surface area contributed by atoms with Crippen molar-refractivity contribution in [1.82, 2.24) is 4.57 Å². The van der Waals surface area contributed by atoms with Gasteiger partial charge in [-0.3, -0.25) is 0 Å². The van der Waals surface area contributed by atoms with Gasteiger partial charge in [0.15, 0.2) is 0 Å². The van der Waals surface area contributed by atoms with Gasteiger partial charge < -0.3 is 4.57 Å². The molecule has 0 saturated heterocycles. The third kappa shape index (κ3) is 1.83. The van der Waals surface area contributed by atoms with E-state index < -0.39 is 0 Å². The van der Waals surface area contributed by atoms with Crippen LogP contribution >= 0.6 is 15.9 Å². The topological polar surface area (TPSA) is 4.93 Å². The Morgan fingerprint density at radius 1 is 1.40 bits per heavy atom. The summed E-state index contributed by atoms with van der Waals surface area (Å²) < 4.78 is 3.52. The van der Waals surface area contributed by atoms with Gasteiger partial charge in [-0.25, -0.2) is 0 Å². The largest absolute Gasteiger partial charge is 0.344 e. The van der Waals surface area contributed by atoms with E-state index in [0.29, 0.717) is 6.04 Å². The van der Waals surface area contributed by atoms with Crippen LogP contribution in [0.4, 0.5) is 0 Å². The van der Waals surface area contributed by atoms with E-state index in [1.165, 1.54) is 16.5 Å². The Bertz CT molecular complexity index is 484. The summed E-state index contributed by atoms with van der Waals surface area (Å²) in [5.74, 6) is 0. The average molecular weight is 266 g/mol. The van der Waals surface area contributed by atoms with Gasteiger partial charge in [0.1, 0.15) is 0 Å². The lowest BCUT2D eigenvalue weighted by Crippen LogP contribution is -2.01. The van der Waals surface area contributed by atoms with E-state index in [-0.39, 0.29) is 0 Å². The van der Waals surface area contributed by atoms with Crippen LogP contribution in [-0.4, -0.2) is 4.57 Å². The Morgan fingerprint density at radius 2 is 2.13 bits per heavy atom. The molecule has 0 aliphatic heterocycles. The summed E-state index contributed by atoms with van der Waals surface area (Å²) >= 11 is 3.53. The Hall–Kier alpha value is -0.760. The van der Waals surface area contributed by atoms with Crippen molar-refractivity contribution in [3.8, 4) is 0 Å². The average Bonchev–Trinajstić information content (AvgIpc) is 2.54. The van der Waals surface area contributed by atoms with Crippen molar-refractivity contribution in [2.75, 3.05) is 0 Å². The quantitative estimate of drug-likeness (QED) is 0.743. The number of nitrogens with zero attached hydrogens (tertiary/aromatic N) is 1. The van der Waals surface area contributed by atoms with Gasteiger partial charge in [-0.05, 0) is 38.0 Å². The van der Waals surface area contributed by atoms with E-state index >= 15 is 0 Å². The first kappa shape index (κ1) is 10.7. The summed E-state index contributed by atoms with van der Waals surface area (Å²) in [7, 11) is 0. The molecule has 15 heavy (non-hydrogen) atoms. The van der Waals surface area contributed by atoms with Gasteiger partial charge in [0.05, 0.1) is 0 Å². The first-order chi connectivity index (χ1) is 7.13. The standard InChI is InChI=1S/C13H16BrN/c1-4-10(3)15-8-9(2)12-6-5-11(14)7-13(12)15/h5-8,10H,4H2,1-3H3. The zero-order valence-electron chi connectivity index (χ0n) is 9.42. The lowest BCUT2D eigenvalue weighted by Gasteiger charge is -2.12. The highest BCUT2D eigenvalue weighted by Gasteiger charge is 2.09. The minimum absolute atomic E-state index is 0.565. The summed E-state index contributed by atoms with van der Waals surface area (Å²) in [6.45, 7) is 6.67. The van der Waals surface area contributed by atoms with E-state index in [4.69, 9.17) is 0 Å². The lowest BCUT2D eigenvalue weighted by molar-refractivity contribution is 0.547. The highest BCUT2D eigenvalue weighted by Crippen LogP contribution is 2.27. The number of halogens is 1. The van der Waals surface area contributed by atoms with Crippen molar-refractivity contribution >= 4 is 26.8 Å². The van der Waals surface area contributed by atoms with E-state index in [0.717, 1.165) is 10.9 Å². The molecule has 1 unspecified atom stereocenters. The number of benzene rings is 1.